The van der Waals surface area contributed by atoms with Crippen LogP contribution >= 0.6 is 11.6 Å². The molecule has 3 aromatic rings. The van der Waals surface area contributed by atoms with Crippen LogP contribution in [0.4, 0.5) is 5.69 Å². The Bertz CT molecular complexity index is 1170. The minimum Gasteiger partial charge on any atom is -0.497 e. The van der Waals surface area contributed by atoms with Crippen molar-refractivity contribution in [2.24, 2.45) is 4.99 Å². The number of para-hydroxylation sites is 2. The molecule has 0 aromatic heterocycles. The average Bonchev–Trinajstić information content (AvgIpc) is 3.10. The second-order valence-electron chi connectivity index (χ2n) is 6.53. The molecule has 1 amide bonds. The standard InChI is InChI=1S/C24H19ClN2O3/c1-29-18-10-7-9-17(14-18)23-26-20(15-16-8-3-6-13-22(16)30-2)24(28)27(23)21-12-5-4-11-19(21)25/h3-15H,1-2H3/b20-15-. The zero-order chi connectivity index (χ0) is 21.1. The topological polar surface area (TPSA) is 51.1 Å². The summed E-state index contributed by atoms with van der Waals surface area (Å²) in [4.78, 5) is 19.6. The summed E-state index contributed by atoms with van der Waals surface area (Å²) in [5.41, 5.74) is 2.36. The number of aliphatic imine (C=N–C) groups is 1. The Morgan fingerprint density at radius 2 is 1.70 bits per heavy atom. The van der Waals surface area contributed by atoms with E-state index in [9.17, 15) is 4.79 Å². The number of anilines is 1. The highest BCUT2D eigenvalue weighted by Gasteiger charge is 2.33. The molecule has 0 bridgehead atoms. The molecular weight excluding hydrogens is 400 g/mol. The van der Waals surface area contributed by atoms with E-state index in [0.29, 0.717) is 28.0 Å². The number of amidine groups is 1. The summed E-state index contributed by atoms with van der Waals surface area (Å²) in [5.74, 6) is 1.54. The largest absolute Gasteiger partial charge is 0.497 e. The summed E-state index contributed by atoms with van der Waals surface area (Å²) < 4.78 is 10.8. The van der Waals surface area contributed by atoms with Crippen LogP contribution in [0.2, 0.25) is 5.02 Å². The van der Waals surface area contributed by atoms with Crippen LogP contribution in [-0.2, 0) is 4.79 Å². The molecule has 5 nitrogen and oxygen atoms in total. The van der Waals surface area contributed by atoms with E-state index in [1.165, 1.54) is 4.90 Å². The number of carbonyl (C=O) groups is 1. The monoisotopic (exact) mass is 418 g/mol. The molecule has 0 saturated carbocycles. The Hall–Kier alpha value is -3.57. The van der Waals surface area contributed by atoms with Crippen LogP contribution in [-0.4, -0.2) is 26.0 Å². The van der Waals surface area contributed by atoms with E-state index in [1.54, 1.807) is 32.4 Å². The van der Waals surface area contributed by atoms with Crippen molar-refractivity contribution >= 4 is 35.1 Å². The maximum absolute atomic E-state index is 13.4. The van der Waals surface area contributed by atoms with Crippen molar-refractivity contribution in [2.75, 3.05) is 19.1 Å². The van der Waals surface area contributed by atoms with Gasteiger partial charge < -0.3 is 9.47 Å². The number of ether oxygens (including phenoxy) is 2. The predicted molar refractivity (Wildman–Crippen MR) is 119 cm³/mol. The van der Waals surface area contributed by atoms with Gasteiger partial charge in [-0.25, -0.2) is 4.99 Å². The molecule has 0 atom stereocenters. The van der Waals surface area contributed by atoms with Crippen molar-refractivity contribution in [3.63, 3.8) is 0 Å². The normalized spacial score (nSPS) is 14.8. The first-order valence-corrected chi connectivity index (χ1v) is 9.67. The molecule has 30 heavy (non-hydrogen) atoms. The number of hydrogen-bond donors (Lipinski definition) is 0. The molecule has 0 saturated heterocycles. The first-order chi connectivity index (χ1) is 14.6. The Labute approximate surface area is 179 Å². The van der Waals surface area contributed by atoms with Gasteiger partial charge in [0, 0.05) is 11.1 Å². The lowest BCUT2D eigenvalue weighted by molar-refractivity contribution is -0.113. The molecule has 0 unspecified atom stereocenters. The number of hydrogen-bond acceptors (Lipinski definition) is 4. The fourth-order valence-corrected chi connectivity index (χ4v) is 3.48. The second kappa shape index (κ2) is 8.43. The van der Waals surface area contributed by atoms with E-state index in [1.807, 2.05) is 60.7 Å². The number of amides is 1. The fourth-order valence-electron chi connectivity index (χ4n) is 3.26. The van der Waals surface area contributed by atoms with Gasteiger partial charge in [-0.3, -0.25) is 9.69 Å². The molecule has 3 aromatic carbocycles. The van der Waals surface area contributed by atoms with E-state index in [4.69, 9.17) is 21.1 Å². The lowest BCUT2D eigenvalue weighted by Crippen LogP contribution is -2.32. The summed E-state index contributed by atoms with van der Waals surface area (Å²) >= 11 is 6.42. The van der Waals surface area contributed by atoms with Crippen LogP contribution in [0.25, 0.3) is 6.08 Å². The quantitative estimate of drug-likeness (QED) is 0.535. The van der Waals surface area contributed by atoms with Crippen LogP contribution in [0.1, 0.15) is 11.1 Å². The highest BCUT2D eigenvalue weighted by Crippen LogP contribution is 2.34. The Kier molecular flexibility index (Phi) is 5.55. The summed E-state index contributed by atoms with van der Waals surface area (Å²) in [5, 5.41) is 0.458. The van der Waals surface area contributed by atoms with Crippen molar-refractivity contribution < 1.29 is 14.3 Å². The van der Waals surface area contributed by atoms with Crippen molar-refractivity contribution in [1.82, 2.24) is 0 Å². The van der Waals surface area contributed by atoms with Gasteiger partial charge in [0.1, 0.15) is 23.0 Å². The van der Waals surface area contributed by atoms with Gasteiger partial charge in [-0.2, -0.15) is 0 Å². The predicted octanol–water partition coefficient (Wildman–Crippen LogP) is 5.19. The second-order valence-corrected chi connectivity index (χ2v) is 6.94. The third-order valence-electron chi connectivity index (χ3n) is 4.71. The van der Waals surface area contributed by atoms with Gasteiger partial charge in [0.15, 0.2) is 0 Å². The van der Waals surface area contributed by atoms with Gasteiger partial charge in [0.25, 0.3) is 5.91 Å². The zero-order valence-electron chi connectivity index (χ0n) is 16.5. The summed E-state index contributed by atoms with van der Waals surface area (Å²) in [6.07, 6.45) is 1.72. The highest BCUT2D eigenvalue weighted by molar-refractivity contribution is 6.39. The van der Waals surface area contributed by atoms with E-state index in [-0.39, 0.29) is 11.6 Å². The molecule has 0 radical (unpaired) electrons. The third-order valence-corrected chi connectivity index (χ3v) is 5.03. The van der Waals surface area contributed by atoms with Gasteiger partial charge in [-0.05, 0) is 36.4 Å². The summed E-state index contributed by atoms with van der Waals surface area (Å²) in [6.45, 7) is 0. The molecule has 0 aliphatic carbocycles. The number of rotatable bonds is 5. The number of benzene rings is 3. The highest BCUT2D eigenvalue weighted by atomic mass is 35.5. The minimum absolute atomic E-state index is 0.271. The summed E-state index contributed by atoms with van der Waals surface area (Å²) in [7, 11) is 3.19. The van der Waals surface area contributed by atoms with E-state index in [0.717, 1.165) is 11.1 Å². The smallest absolute Gasteiger partial charge is 0.282 e. The maximum Gasteiger partial charge on any atom is 0.282 e. The molecule has 0 spiro atoms. The molecule has 1 aliphatic rings. The van der Waals surface area contributed by atoms with Crippen molar-refractivity contribution in [2.45, 2.75) is 0 Å². The Morgan fingerprint density at radius 1 is 0.933 bits per heavy atom. The van der Waals surface area contributed by atoms with Crippen LogP contribution < -0.4 is 14.4 Å². The van der Waals surface area contributed by atoms with E-state index in [2.05, 4.69) is 4.99 Å². The van der Waals surface area contributed by atoms with Crippen molar-refractivity contribution in [1.29, 1.82) is 0 Å². The molecule has 1 heterocycles. The van der Waals surface area contributed by atoms with E-state index >= 15 is 0 Å². The first-order valence-electron chi connectivity index (χ1n) is 9.29. The number of methoxy groups -OCH3 is 2. The molecule has 4 rings (SSSR count). The van der Waals surface area contributed by atoms with Crippen LogP contribution in [0, 0.1) is 0 Å². The maximum atomic E-state index is 13.4. The Morgan fingerprint density at radius 3 is 2.47 bits per heavy atom. The molecule has 0 N–H and O–H groups in total. The lowest BCUT2D eigenvalue weighted by atomic mass is 10.1. The number of carbonyl (C=O) groups excluding carboxylic acids is 1. The van der Waals surface area contributed by atoms with Gasteiger partial charge in [-0.15, -0.1) is 0 Å². The van der Waals surface area contributed by atoms with Crippen LogP contribution in [0.15, 0.2) is 83.5 Å². The zero-order valence-corrected chi connectivity index (χ0v) is 17.3. The van der Waals surface area contributed by atoms with Gasteiger partial charge in [0.05, 0.1) is 24.9 Å². The Balaban J connectivity index is 1.88. The SMILES string of the molecule is COc1cccc(C2=N/C(=C\c3ccccc3OC)C(=O)N2c2ccccc2Cl)c1. The van der Waals surface area contributed by atoms with Gasteiger partial charge in [-0.1, -0.05) is 54.1 Å². The lowest BCUT2D eigenvalue weighted by Gasteiger charge is -2.20. The first kappa shape index (κ1) is 19.7. The number of nitrogens with zero attached hydrogens (tertiary/aromatic N) is 2. The molecule has 150 valence electrons. The van der Waals surface area contributed by atoms with Gasteiger partial charge >= 0.3 is 0 Å². The van der Waals surface area contributed by atoms with Crippen molar-refractivity contribution in [3.05, 3.63) is 94.6 Å². The van der Waals surface area contributed by atoms with Crippen molar-refractivity contribution in [3.8, 4) is 11.5 Å². The van der Waals surface area contributed by atoms with E-state index < -0.39 is 0 Å². The molecule has 6 heteroatoms. The van der Waals surface area contributed by atoms with Gasteiger partial charge in [0.2, 0.25) is 0 Å². The average molecular weight is 419 g/mol. The molecule has 0 fully saturated rings. The minimum atomic E-state index is -0.271. The molecule has 1 aliphatic heterocycles. The van der Waals surface area contributed by atoms with Crippen LogP contribution in [0.5, 0.6) is 11.5 Å². The third kappa shape index (κ3) is 3.67. The fraction of sp³-hybridized carbons (Fsp3) is 0.0833. The number of halogens is 1. The summed E-state index contributed by atoms with van der Waals surface area (Å²) in [6, 6.07) is 22.1. The molecular formula is C24H19ClN2O3. The van der Waals surface area contributed by atoms with Crippen LogP contribution in [0.3, 0.4) is 0 Å².